The number of aryl methyl sites for hydroxylation is 2. The van der Waals surface area contributed by atoms with Crippen LogP contribution in [0.3, 0.4) is 0 Å². The number of nitrogens with zero attached hydrogens (tertiary/aromatic N) is 4. The standard InChI is InChI=1S/C24H24N4O3S3/c1-16-13-17(2)22-20(14-16)33-24(26-22)27(15-18-7-9-25-10-8-18)23(29)19-5-3-11-28(19)34(30,31)21-6-4-12-32-21/h4,6-10,12-14,19H,3,5,11,15H2,1-2H3. The molecular weight excluding hydrogens is 488 g/mol. The van der Waals surface area contributed by atoms with Crippen molar-refractivity contribution in [1.29, 1.82) is 0 Å². The molecule has 0 radical (unpaired) electrons. The van der Waals surface area contributed by atoms with Crippen molar-refractivity contribution in [2.24, 2.45) is 0 Å². The number of hydrogen-bond donors (Lipinski definition) is 0. The molecule has 1 unspecified atom stereocenters. The summed E-state index contributed by atoms with van der Waals surface area (Å²) in [7, 11) is -3.74. The Bertz CT molecular complexity index is 1430. The third-order valence-corrected chi connectivity index (χ3v) is 10.3. The van der Waals surface area contributed by atoms with E-state index in [1.165, 1.54) is 27.0 Å². The number of rotatable bonds is 6. The highest BCUT2D eigenvalue weighted by atomic mass is 32.2. The molecule has 1 aliphatic rings. The minimum atomic E-state index is -3.74. The van der Waals surface area contributed by atoms with Gasteiger partial charge in [0, 0.05) is 18.9 Å². The lowest BCUT2D eigenvalue weighted by Gasteiger charge is -2.28. The molecule has 10 heteroatoms. The maximum Gasteiger partial charge on any atom is 0.253 e. The van der Waals surface area contributed by atoms with Crippen molar-refractivity contribution in [3.63, 3.8) is 0 Å². The second kappa shape index (κ2) is 9.18. The van der Waals surface area contributed by atoms with Gasteiger partial charge in [0.2, 0.25) is 5.91 Å². The monoisotopic (exact) mass is 512 g/mol. The average molecular weight is 513 g/mol. The fourth-order valence-electron chi connectivity index (χ4n) is 4.37. The van der Waals surface area contributed by atoms with E-state index in [-0.39, 0.29) is 10.1 Å². The SMILES string of the molecule is Cc1cc(C)c2nc(N(Cc3ccncc3)C(=O)C3CCCN3S(=O)(=O)c3cccs3)sc2c1. The first-order chi connectivity index (χ1) is 16.3. The molecule has 1 aliphatic heterocycles. The van der Waals surface area contributed by atoms with Crippen molar-refractivity contribution >= 4 is 54.0 Å². The zero-order valence-corrected chi connectivity index (χ0v) is 21.3. The van der Waals surface area contributed by atoms with Crippen LogP contribution in [-0.2, 0) is 21.4 Å². The predicted molar refractivity (Wildman–Crippen MR) is 136 cm³/mol. The van der Waals surface area contributed by atoms with Crippen LogP contribution >= 0.6 is 22.7 Å². The van der Waals surface area contributed by atoms with Crippen LogP contribution in [0.1, 0.15) is 29.5 Å². The summed E-state index contributed by atoms with van der Waals surface area (Å²) in [4.78, 5) is 24.5. The van der Waals surface area contributed by atoms with E-state index in [4.69, 9.17) is 4.98 Å². The Balaban J connectivity index is 1.55. The van der Waals surface area contributed by atoms with Crippen LogP contribution < -0.4 is 4.90 Å². The summed E-state index contributed by atoms with van der Waals surface area (Å²) >= 11 is 2.63. The number of pyridine rings is 1. The van der Waals surface area contributed by atoms with Crippen LogP contribution in [-0.4, -0.2) is 41.2 Å². The average Bonchev–Trinajstić information content (AvgIpc) is 3.58. The van der Waals surface area contributed by atoms with Gasteiger partial charge in [-0.25, -0.2) is 13.4 Å². The number of aromatic nitrogens is 2. The van der Waals surface area contributed by atoms with E-state index in [1.807, 2.05) is 26.0 Å². The molecule has 0 spiro atoms. The first-order valence-electron chi connectivity index (χ1n) is 11.0. The molecule has 7 nitrogen and oxygen atoms in total. The second-order valence-electron chi connectivity index (χ2n) is 8.41. The molecule has 3 aromatic heterocycles. The Morgan fingerprint density at radius 1 is 1.21 bits per heavy atom. The summed E-state index contributed by atoms with van der Waals surface area (Å²) in [5.41, 5.74) is 3.96. The van der Waals surface area contributed by atoms with Gasteiger partial charge in [0.15, 0.2) is 5.13 Å². The fourth-order valence-corrected chi connectivity index (χ4v) is 8.28. The number of benzene rings is 1. The number of thiazole rings is 1. The number of anilines is 1. The molecule has 1 atom stereocenters. The molecule has 1 aromatic carbocycles. The lowest BCUT2D eigenvalue weighted by molar-refractivity contribution is -0.121. The molecule has 0 N–H and O–H groups in total. The van der Waals surface area contributed by atoms with Crippen molar-refractivity contribution in [2.75, 3.05) is 11.4 Å². The molecule has 0 bridgehead atoms. The Morgan fingerprint density at radius 2 is 2.00 bits per heavy atom. The molecule has 4 heterocycles. The van der Waals surface area contributed by atoms with Gasteiger partial charge in [0.1, 0.15) is 10.3 Å². The van der Waals surface area contributed by atoms with Gasteiger partial charge in [-0.15, -0.1) is 11.3 Å². The molecular formula is C24H24N4O3S3. The van der Waals surface area contributed by atoms with Gasteiger partial charge < -0.3 is 0 Å². The summed E-state index contributed by atoms with van der Waals surface area (Å²) in [6.45, 7) is 4.68. The van der Waals surface area contributed by atoms with Crippen LogP contribution in [0.4, 0.5) is 5.13 Å². The highest BCUT2D eigenvalue weighted by Gasteiger charge is 2.42. The zero-order valence-electron chi connectivity index (χ0n) is 18.8. The molecule has 0 aliphatic carbocycles. The summed E-state index contributed by atoms with van der Waals surface area (Å²) < 4.78 is 29.2. The van der Waals surface area contributed by atoms with Gasteiger partial charge in [0.25, 0.3) is 10.0 Å². The lowest BCUT2D eigenvalue weighted by atomic mass is 10.1. The number of carbonyl (C=O) groups is 1. The Kier molecular flexibility index (Phi) is 6.24. The van der Waals surface area contributed by atoms with Gasteiger partial charge in [0.05, 0.1) is 16.8 Å². The highest BCUT2D eigenvalue weighted by Crippen LogP contribution is 2.35. The number of carbonyl (C=O) groups excluding carboxylic acids is 1. The van der Waals surface area contributed by atoms with Gasteiger partial charge >= 0.3 is 0 Å². The van der Waals surface area contributed by atoms with Gasteiger partial charge in [-0.2, -0.15) is 4.31 Å². The number of hydrogen-bond acceptors (Lipinski definition) is 7. The minimum absolute atomic E-state index is 0.247. The number of sulfonamides is 1. The molecule has 4 aromatic rings. The van der Waals surface area contributed by atoms with E-state index in [0.29, 0.717) is 31.1 Å². The first-order valence-corrected chi connectivity index (χ1v) is 14.1. The molecule has 1 saturated heterocycles. The summed E-state index contributed by atoms with van der Waals surface area (Å²) in [5, 5.41) is 2.31. The maximum absolute atomic E-state index is 14.0. The summed E-state index contributed by atoms with van der Waals surface area (Å²) in [6, 6.07) is 10.4. The molecule has 5 rings (SSSR count). The maximum atomic E-state index is 14.0. The van der Waals surface area contributed by atoms with Crippen molar-refractivity contribution in [3.05, 3.63) is 70.9 Å². The second-order valence-corrected chi connectivity index (χ2v) is 12.5. The topological polar surface area (TPSA) is 83.5 Å². The van der Waals surface area contributed by atoms with E-state index in [0.717, 1.165) is 26.9 Å². The van der Waals surface area contributed by atoms with Crippen LogP contribution in [0.2, 0.25) is 0 Å². The van der Waals surface area contributed by atoms with Crippen molar-refractivity contribution in [2.45, 2.75) is 43.5 Å². The van der Waals surface area contributed by atoms with E-state index < -0.39 is 16.1 Å². The summed E-state index contributed by atoms with van der Waals surface area (Å²) in [6.07, 6.45) is 4.50. The fraction of sp³-hybridized carbons (Fsp3) is 0.292. The van der Waals surface area contributed by atoms with Gasteiger partial charge in [-0.3, -0.25) is 14.7 Å². The first kappa shape index (κ1) is 23.1. The highest BCUT2D eigenvalue weighted by molar-refractivity contribution is 7.91. The minimum Gasteiger partial charge on any atom is -0.282 e. The lowest BCUT2D eigenvalue weighted by Crippen LogP contribution is -2.47. The van der Waals surface area contributed by atoms with Crippen molar-refractivity contribution in [1.82, 2.24) is 14.3 Å². The largest absolute Gasteiger partial charge is 0.282 e. The van der Waals surface area contributed by atoms with Gasteiger partial charge in [-0.1, -0.05) is 23.5 Å². The van der Waals surface area contributed by atoms with Crippen LogP contribution in [0, 0.1) is 13.8 Å². The number of fused-ring (bicyclic) bond motifs is 1. The van der Waals surface area contributed by atoms with Crippen molar-refractivity contribution in [3.8, 4) is 0 Å². The normalized spacial score (nSPS) is 16.8. The quantitative estimate of drug-likeness (QED) is 0.372. The van der Waals surface area contributed by atoms with Crippen LogP contribution in [0.25, 0.3) is 10.2 Å². The van der Waals surface area contributed by atoms with E-state index in [1.54, 1.807) is 34.8 Å². The molecule has 1 fully saturated rings. The Labute approximate surface area is 206 Å². The van der Waals surface area contributed by atoms with Crippen molar-refractivity contribution < 1.29 is 13.2 Å². The van der Waals surface area contributed by atoms with E-state index in [2.05, 4.69) is 17.1 Å². The molecule has 1 amide bonds. The van der Waals surface area contributed by atoms with Crippen LogP contribution in [0.5, 0.6) is 0 Å². The number of thiophene rings is 1. The van der Waals surface area contributed by atoms with E-state index in [9.17, 15) is 13.2 Å². The predicted octanol–water partition coefficient (Wildman–Crippen LogP) is 4.76. The Hall–Kier alpha value is -2.66. The Morgan fingerprint density at radius 3 is 2.74 bits per heavy atom. The van der Waals surface area contributed by atoms with Gasteiger partial charge in [-0.05, 0) is 73.0 Å². The molecule has 176 valence electrons. The summed E-state index contributed by atoms with van der Waals surface area (Å²) in [5.74, 6) is -0.247. The van der Waals surface area contributed by atoms with Crippen LogP contribution in [0.15, 0.2) is 58.4 Å². The number of amides is 1. The smallest absolute Gasteiger partial charge is 0.253 e. The molecule has 0 saturated carbocycles. The molecule has 34 heavy (non-hydrogen) atoms. The third kappa shape index (κ3) is 4.26. The zero-order chi connectivity index (χ0) is 23.9. The third-order valence-electron chi connectivity index (χ3n) is 5.95. The van der Waals surface area contributed by atoms with E-state index >= 15 is 0 Å².